The number of halogens is 1. The lowest BCUT2D eigenvalue weighted by Crippen LogP contribution is -2.58. The van der Waals surface area contributed by atoms with Crippen LogP contribution in [0.2, 0.25) is 0 Å². The molecule has 2 atom stereocenters. The molecule has 5 nitrogen and oxygen atoms in total. The molecule has 0 aromatic heterocycles. The zero-order chi connectivity index (χ0) is 20.8. The van der Waals surface area contributed by atoms with Crippen molar-refractivity contribution in [3.8, 4) is 11.5 Å². The van der Waals surface area contributed by atoms with Crippen molar-refractivity contribution < 1.29 is 18.7 Å². The van der Waals surface area contributed by atoms with Gasteiger partial charge in [0, 0.05) is 31.7 Å². The maximum atomic E-state index is 13.1. The molecule has 156 valence electrons. The highest BCUT2D eigenvalue weighted by Gasteiger charge is 2.32. The van der Waals surface area contributed by atoms with Gasteiger partial charge in [0.25, 0.3) is 5.91 Å². The Kier molecular flexibility index (Phi) is 7.09. The average molecular weight is 400 g/mol. The topological polar surface area (TPSA) is 42.0 Å². The summed E-state index contributed by atoms with van der Waals surface area (Å²) in [4.78, 5) is 17.0. The number of piperazine rings is 1. The van der Waals surface area contributed by atoms with Gasteiger partial charge < -0.3 is 14.4 Å². The van der Waals surface area contributed by atoms with E-state index in [1.54, 1.807) is 0 Å². The smallest absolute Gasteiger partial charge is 0.260 e. The van der Waals surface area contributed by atoms with E-state index in [1.807, 2.05) is 48.2 Å². The second kappa shape index (κ2) is 9.74. The fourth-order valence-corrected chi connectivity index (χ4v) is 3.66. The second-order valence-electron chi connectivity index (χ2n) is 7.47. The first-order valence-corrected chi connectivity index (χ1v) is 10.1. The number of rotatable bonds is 7. The molecule has 1 amide bonds. The summed E-state index contributed by atoms with van der Waals surface area (Å²) >= 11 is 0. The molecular formula is C23H29FN2O3. The molecular weight excluding hydrogens is 371 g/mol. The Morgan fingerprint density at radius 3 is 2.31 bits per heavy atom. The summed E-state index contributed by atoms with van der Waals surface area (Å²) in [5.41, 5.74) is 1.07. The number of carbonyl (C=O) groups excluding carboxylic acids is 1. The van der Waals surface area contributed by atoms with Crippen molar-refractivity contribution >= 4 is 5.91 Å². The third kappa shape index (κ3) is 5.48. The van der Waals surface area contributed by atoms with Crippen molar-refractivity contribution in [1.29, 1.82) is 0 Å². The monoisotopic (exact) mass is 400 g/mol. The van der Waals surface area contributed by atoms with Crippen LogP contribution in [0, 0.1) is 5.82 Å². The summed E-state index contributed by atoms with van der Waals surface area (Å²) in [5.74, 6) is 0.972. The zero-order valence-electron chi connectivity index (χ0n) is 17.3. The van der Waals surface area contributed by atoms with Crippen molar-refractivity contribution in [2.24, 2.45) is 0 Å². The number of ether oxygens (including phenoxy) is 2. The maximum Gasteiger partial charge on any atom is 0.260 e. The summed E-state index contributed by atoms with van der Waals surface area (Å²) in [6.45, 7) is 8.74. The highest BCUT2D eigenvalue weighted by Crippen LogP contribution is 2.26. The van der Waals surface area contributed by atoms with Crippen LogP contribution in [0.1, 0.15) is 26.3 Å². The highest BCUT2D eigenvalue weighted by atomic mass is 19.1. The van der Waals surface area contributed by atoms with E-state index in [1.165, 1.54) is 12.1 Å². The van der Waals surface area contributed by atoms with Crippen molar-refractivity contribution in [2.75, 3.05) is 26.3 Å². The van der Waals surface area contributed by atoms with Gasteiger partial charge in [-0.2, -0.15) is 0 Å². The summed E-state index contributed by atoms with van der Waals surface area (Å²) in [6.07, 6.45) is 0. The molecule has 0 saturated carbocycles. The SMILES string of the molecule is CCOc1ccccc1OCC(=O)N1CC(C)N(Cc2ccc(F)cc2)CC1C. The van der Waals surface area contributed by atoms with E-state index in [2.05, 4.69) is 18.7 Å². The average Bonchev–Trinajstić information content (AvgIpc) is 2.71. The van der Waals surface area contributed by atoms with Crippen LogP contribution in [0.15, 0.2) is 48.5 Å². The van der Waals surface area contributed by atoms with Crippen LogP contribution in [0.4, 0.5) is 4.39 Å². The van der Waals surface area contributed by atoms with Crippen LogP contribution in [0.3, 0.4) is 0 Å². The molecule has 2 aromatic carbocycles. The third-order valence-corrected chi connectivity index (χ3v) is 5.23. The van der Waals surface area contributed by atoms with E-state index >= 15 is 0 Å². The molecule has 0 spiro atoms. The van der Waals surface area contributed by atoms with Gasteiger partial charge in [0.15, 0.2) is 18.1 Å². The number of hydrogen-bond acceptors (Lipinski definition) is 4. The first kappa shape index (κ1) is 21.1. The van der Waals surface area contributed by atoms with Gasteiger partial charge in [-0.3, -0.25) is 9.69 Å². The quantitative estimate of drug-likeness (QED) is 0.710. The van der Waals surface area contributed by atoms with E-state index in [9.17, 15) is 9.18 Å². The predicted molar refractivity (Wildman–Crippen MR) is 111 cm³/mol. The molecule has 0 radical (unpaired) electrons. The lowest BCUT2D eigenvalue weighted by molar-refractivity contribution is -0.139. The van der Waals surface area contributed by atoms with Crippen LogP contribution in [0.5, 0.6) is 11.5 Å². The Morgan fingerprint density at radius 1 is 1.00 bits per heavy atom. The van der Waals surface area contributed by atoms with Gasteiger partial charge in [-0.1, -0.05) is 24.3 Å². The molecule has 2 unspecified atom stereocenters. The lowest BCUT2D eigenvalue weighted by Gasteiger charge is -2.44. The Balaban J connectivity index is 1.56. The van der Waals surface area contributed by atoms with Crippen molar-refractivity contribution in [3.63, 3.8) is 0 Å². The van der Waals surface area contributed by atoms with E-state index in [0.717, 1.165) is 18.7 Å². The second-order valence-corrected chi connectivity index (χ2v) is 7.47. The number of benzene rings is 2. The van der Waals surface area contributed by atoms with Crippen LogP contribution in [-0.2, 0) is 11.3 Å². The molecule has 0 aliphatic carbocycles. The minimum Gasteiger partial charge on any atom is -0.490 e. The number of carbonyl (C=O) groups is 1. The Labute approximate surface area is 172 Å². The molecule has 2 aromatic rings. The van der Waals surface area contributed by atoms with E-state index < -0.39 is 0 Å². The molecule has 0 N–H and O–H groups in total. The van der Waals surface area contributed by atoms with Gasteiger partial charge in [0.05, 0.1) is 6.61 Å². The summed E-state index contributed by atoms with van der Waals surface area (Å²) in [6, 6.07) is 14.3. The van der Waals surface area contributed by atoms with Crippen LogP contribution < -0.4 is 9.47 Å². The summed E-state index contributed by atoms with van der Waals surface area (Å²) in [7, 11) is 0. The Morgan fingerprint density at radius 2 is 1.66 bits per heavy atom. The van der Waals surface area contributed by atoms with Gasteiger partial charge in [0.1, 0.15) is 5.82 Å². The highest BCUT2D eigenvalue weighted by molar-refractivity contribution is 5.78. The van der Waals surface area contributed by atoms with Crippen molar-refractivity contribution in [3.05, 3.63) is 59.9 Å². The van der Waals surface area contributed by atoms with E-state index in [0.29, 0.717) is 24.7 Å². The number of amides is 1. The largest absolute Gasteiger partial charge is 0.490 e. The molecule has 1 saturated heterocycles. The first-order valence-electron chi connectivity index (χ1n) is 10.1. The standard InChI is InChI=1S/C23H29FN2O3/c1-4-28-21-7-5-6-8-22(21)29-16-23(27)26-14-17(2)25(13-18(26)3)15-19-9-11-20(24)12-10-19/h5-12,17-18H,4,13-16H2,1-3H3. The van der Waals surface area contributed by atoms with Gasteiger partial charge in [0.2, 0.25) is 0 Å². The van der Waals surface area contributed by atoms with Gasteiger partial charge in [-0.15, -0.1) is 0 Å². The van der Waals surface area contributed by atoms with Crippen molar-refractivity contribution in [1.82, 2.24) is 9.80 Å². The Bertz CT molecular complexity index is 812. The van der Waals surface area contributed by atoms with Crippen LogP contribution in [0.25, 0.3) is 0 Å². The molecule has 0 bridgehead atoms. The number of nitrogens with zero attached hydrogens (tertiary/aromatic N) is 2. The van der Waals surface area contributed by atoms with Crippen LogP contribution >= 0.6 is 0 Å². The van der Waals surface area contributed by atoms with Gasteiger partial charge in [-0.05, 0) is 50.6 Å². The molecule has 6 heteroatoms. The predicted octanol–water partition coefficient (Wildman–Crippen LogP) is 3.72. The minimum atomic E-state index is -0.225. The maximum absolute atomic E-state index is 13.1. The van der Waals surface area contributed by atoms with Crippen LogP contribution in [-0.4, -0.2) is 54.1 Å². The van der Waals surface area contributed by atoms with E-state index in [4.69, 9.17) is 9.47 Å². The third-order valence-electron chi connectivity index (χ3n) is 5.23. The molecule has 1 fully saturated rings. The van der Waals surface area contributed by atoms with Gasteiger partial charge in [-0.25, -0.2) is 4.39 Å². The molecule has 1 aliphatic rings. The zero-order valence-corrected chi connectivity index (χ0v) is 17.3. The van der Waals surface area contributed by atoms with E-state index in [-0.39, 0.29) is 30.4 Å². The molecule has 29 heavy (non-hydrogen) atoms. The summed E-state index contributed by atoms with van der Waals surface area (Å²) < 4.78 is 24.4. The fourth-order valence-electron chi connectivity index (χ4n) is 3.66. The Hall–Kier alpha value is -2.60. The number of para-hydroxylation sites is 2. The van der Waals surface area contributed by atoms with Gasteiger partial charge >= 0.3 is 0 Å². The fraction of sp³-hybridized carbons (Fsp3) is 0.435. The lowest BCUT2D eigenvalue weighted by atomic mass is 10.1. The minimum absolute atomic E-state index is 0.0148. The molecule has 1 aliphatic heterocycles. The number of hydrogen-bond donors (Lipinski definition) is 0. The first-order chi connectivity index (χ1) is 14.0. The normalized spacial score (nSPS) is 19.8. The molecule has 3 rings (SSSR count). The molecule has 1 heterocycles. The summed E-state index contributed by atoms with van der Waals surface area (Å²) in [5, 5.41) is 0. The van der Waals surface area contributed by atoms with Crippen molar-refractivity contribution in [2.45, 2.75) is 39.4 Å².